The SMILES string of the molecule is CCN(Cc1ccccc1)C(=O)c1cc(C[C@@H]2CS(=O)(=O)C[C@H](NCc3cccc(C(C)C)c3)[C@H]2O)ccc1O. The number of aromatic hydroxyl groups is 1. The van der Waals surface area contributed by atoms with Crippen LogP contribution in [0.2, 0.25) is 0 Å². The van der Waals surface area contributed by atoms with Gasteiger partial charge >= 0.3 is 0 Å². The Bertz CT molecular complexity index is 1410. The van der Waals surface area contributed by atoms with Crippen LogP contribution >= 0.6 is 0 Å². The van der Waals surface area contributed by atoms with Crippen molar-refractivity contribution in [2.75, 3.05) is 18.1 Å². The van der Waals surface area contributed by atoms with E-state index in [0.717, 1.165) is 11.1 Å². The number of carbonyl (C=O) groups is 1. The van der Waals surface area contributed by atoms with Crippen molar-refractivity contribution in [3.63, 3.8) is 0 Å². The first-order chi connectivity index (χ1) is 19.1. The number of amides is 1. The van der Waals surface area contributed by atoms with E-state index in [1.54, 1.807) is 17.0 Å². The molecule has 7 nitrogen and oxygen atoms in total. The van der Waals surface area contributed by atoms with Crippen molar-refractivity contribution < 1.29 is 23.4 Å². The third-order valence-corrected chi connectivity index (χ3v) is 9.46. The van der Waals surface area contributed by atoms with Crippen molar-refractivity contribution in [3.05, 3.63) is 101 Å². The van der Waals surface area contributed by atoms with E-state index in [4.69, 9.17) is 0 Å². The average molecular weight is 565 g/mol. The number of rotatable bonds is 10. The number of hydrogen-bond acceptors (Lipinski definition) is 6. The normalized spacial score (nSPS) is 20.4. The Labute approximate surface area is 237 Å². The zero-order valence-electron chi connectivity index (χ0n) is 23.5. The number of nitrogens with one attached hydrogen (secondary N) is 1. The molecule has 1 fully saturated rings. The molecule has 1 amide bonds. The van der Waals surface area contributed by atoms with Gasteiger partial charge in [0, 0.05) is 31.6 Å². The van der Waals surface area contributed by atoms with Gasteiger partial charge in [0.25, 0.3) is 5.91 Å². The number of nitrogens with zero attached hydrogens (tertiary/aromatic N) is 1. The number of benzene rings is 3. The first-order valence-corrected chi connectivity index (χ1v) is 15.7. The van der Waals surface area contributed by atoms with E-state index in [-0.39, 0.29) is 35.1 Å². The van der Waals surface area contributed by atoms with Gasteiger partial charge in [-0.1, -0.05) is 74.5 Å². The van der Waals surface area contributed by atoms with Gasteiger partial charge in [-0.25, -0.2) is 8.42 Å². The number of carbonyl (C=O) groups excluding carboxylic acids is 1. The fourth-order valence-corrected chi connectivity index (χ4v) is 7.32. The van der Waals surface area contributed by atoms with E-state index in [1.807, 2.05) is 49.4 Å². The summed E-state index contributed by atoms with van der Waals surface area (Å²) in [6, 6.07) is 22.0. The quantitative estimate of drug-likeness (QED) is 0.339. The number of phenolic OH excluding ortho intramolecular Hbond substituents is 1. The van der Waals surface area contributed by atoms with Crippen LogP contribution in [0.1, 0.15) is 59.3 Å². The van der Waals surface area contributed by atoms with Gasteiger partial charge < -0.3 is 20.4 Å². The lowest BCUT2D eigenvalue weighted by molar-refractivity contribution is 0.0748. The van der Waals surface area contributed by atoms with E-state index < -0.39 is 27.9 Å². The predicted octanol–water partition coefficient (Wildman–Crippen LogP) is 4.28. The Balaban J connectivity index is 1.48. The van der Waals surface area contributed by atoms with E-state index in [1.165, 1.54) is 11.6 Å². The minimum Gasteiger partial charge on any atom is -0.507 e. The molecule has 0 aliphatic carbocycles. The Morgan fingerprint density at radius 1 is 0.975 bits per heavy atom. The van der Waals surface area contributed by atoms with Crippen LogP contribution in [0, 0.1) is 5.92 Å². The molecule has 1 aliphatic rings. The Morgan fingerprint density at radius 3 is 2.40 bits per heavy atom. The molecule has 3 N–H and O–H groups in total. The molecule has 214 valence electrons. The lowest BCUT2D eigenvalue weighted by Gasteiger charge is -2.35. The summed E-state index contributed by atoms with van der Waals surface area (Å²) in [5, 5.41) is 25.0. The second-order valence-electron chi connectivity index (χ2n) is 11.1. The third kappa shape index (κ3) is 7.50. The molecule has 0 unspecified atom stereocenters. The molecule has 8 heteroatoms. The fraction of sp³-hybridized carbons (Fsp3) is 0.406. The predicted molar refractivity (Wildman–Crippen MR) is 158 cm³/mol. The van der Waals surface area contributed by atoms with Crippen LogP contribution in [0.15, 0.2) is 72.8 Å². The van der Waals surface area contributed by atoms with E-state index >= 15 is 0 Å². The Kier molecular flexibility index (Phi) is 9.66. The van der Waals surface area contributed by atoms with Crippen LogP contribution in [0.25, 0.3) is 0 Å². The minimum atomic E-state index is -3.39. The maximum atomic E-state index is 13.4. The van der Waals surface area contributed by atoms with Gasteiger partial charge in [-0.3, -0.25) is 4.79 Å². The number of phenols is 1. The molecule has 0 spiro atoms. The van der Waals surface area contributed by atoms with Gasteiger partial charge in [0.05, 0.1) is 23.2 Å². The monoisotopic (exact) mass is 564 g/mol. The highest BCUT2D eigenvalue weighted by Crippen LogP contribution is 2.28. The lowest BCUT2D eigenvalue weighted by atomic mass is 9.90. The molecule has 0 saturated carbocycles. The molecule has 40 heavy (non-hydrogen) atoms. The highest BCUT2D eigenvalue weighted by Gasteiger charge is 2.39. The van der Waals surface area contributed by atoms with Crippen LogP contribution in [0.5, 0.6) is 5.75 Å². The largest absolute Gasteiger partial charge is 0.507 e. The smallest absolute Gasteiger partial charge is 0.257 e. The number of sulfone groups is 1. The zero-order valence-corrected chi connectivity index (χ0v) is 24.3. The molecule has 1 heterocycles. The van der Waals surface area contributed by atoms with Gasteiger partial charge in [0.2, 0.25) is 0 Å². The maximum absolute atomic E-state index is 13.4. The molecule has 3 atom stereocenters. The number of hydrogen-bond donors (Lipinski definition) is 3. The first kappa shape index (κ1) is 29.8. The van der Waals surface area contributed by atoms with Gasteiger partial charge in [0.15, 0.2) is 9.84 Å². The zero-order chi connectivity index (χ0) is 28.9. The van der Waals surface area contributed by atoms with Crippen molar-refractivity contribution in [1.82, 2.24) is 10.2 Å². The molecule has 4 rings (SSSR count). The summed E-state index contributed by atoms with van der Waals surface area (Å²) in [6.07, 6.45) is -0.609. The third-order valence-electron chi connectivity index (χ3n) is 7.66. The number of aliphatic hydroxyl groups is 1. The second kappa shape index (κ2) is 13.0. The van der Waals surface area contributed by atoms with Crippen LogP contribution in [0.3, 0.4) is 0 Å². The van der Waals surface area contributed by atoms with Crippen LogP contribution < -0.4 is 5.32 Å². The molecule has 3 aromatic rings. The fourth-order valence-electron chi connectivity index (χ4n) is 5.35. The van der Waals surface area contributed by atoms with Crippen molar-refractivity contribution >= 4 is 15.7 Å². The molecule has 0 bridgehead atoms. The molecule has 0 aromatic heterocycles. The summed E-state index contributed by atoms with van der Waals surface area (Å²) >= 11 is 0. The van der Waals surface area contributed by atoms with Crippen molar-refractivity contribution in [3.8, 4) is 5.75 Å². The van der Waals surface area contributed by atoms with Crippen LogP contribution in [-0.2, 0) is 29.3 Å². The summed E-state index contributed by atoms with van der Waals surface area (Å²) in [4.78, 5) is 15.0. The van der Waals surface area contributed by atoms with Crippen LogP contribution in [-0.4, -0.2) is 59.6 Å². The molecular weight excluding hydrogens is 524 g/mol. The average Bonchev–Trinajstić information content (AvgIpc) is 2.94. The molecule has 1 saturated heterocycles. The van der Waals surface area contributed by atoms with Gasteiger partial charge in [-0.15, -0.1) is 0 Å². The summed E-state index contributed by atoms with van der Waals surface area (Å²) < 4.78 is 25.7. The minimum absolute atomic E-state index is 0.125. The summed E-state index contributed by atoms with van der Waals surface area (Å²) in [7, 11) is -3.39. The maximum Gasteiger partial charge on any atom is 0.257 e. The van der Waals surface area contributed by atoms with Crippen LogP contribution in [0.4, 0.5) is 0 Å². The molecule has 3 aromatic carbocycles. The van der Waals surface area contributed by atoms with E-state index in [0.29, 0.717) is 31.1 Å². The highest BCUT2D eigenvalue weighted by molar-refractivity contribution is 7.91. The Morgan fingerprint density at radius 2 is 1.70 bits per heavy atom. The lowest BCUT2D eigenvalue weighted by Crippen LogP contribution is -2.54. The van der Waals surface area contributed by atoms with E-state index in [2.05, 4.69) is 31.3 Å². The Hall–Kier alpha value is -3.20. The van der Waals surface area contributed by atoms with Gasteiger partial charge in [0.1, 0.15) is 5.75 Å². The van der Waals surface area contributed by atoms with Crippen molar-refractivity contribution in [2.24, 2.45) is 5.92 Å². The summed E-state index contributed by atoms with van der Waals surface area (Å²) in [5.41, 5.74) is 4.09. The molecule has 0 radical (unpaired) electrons. The molecule has 1 aliphatic heterocycles. The van der Waals surface area contributed by atoms with Gasteiger partial charge in [-0.05, 0) is 53.6 Å². The van der Waals surface area contributed by atoms with E-state index in [9.17, 15) is 23.4 Å². The standard InChI is InChI=1S/C32H40N2O5S/c1-4-34(19-23-9-6-5-7-10-23)32(37)28-17-24(13-14-30(28)35)15-27-20-40(38,39)21-29(31(27)36)33-18-25-11-8-12-26(16-25)22(2)3/h5-14,16-17,22,27,29,31,33,35-36H,4,15,18-21H2,1-3H3/t27-,29+,31+/m1/s1. The van der Waals surface area contributed by atoms with Crippen molar-refractivity contribution in [1.29, 1.82) is 0 Å². The summed E-state index contributed by atoms with van der Waals surface area (Å²) in [5.74, 6) is -0.842. The highest BCUT2D eigenvalue weighted by atomic mass is 32.2. The van der Waals surface area contributed by atoms with Gasteiger partial charge in [-0.2, -0.15) is 0 Å². The molecular formula is C32H40N2O5S. The van der Waals surface area contributed by atoms with Crippen molar-refractivity contribution in [2.45, 2.75) is 58.3 Å². The first-order valence-electron chi connectivity index (χ1n) is 13.9. The topological polar surface area (TPSA) is 107 Å². The summed E-state index contributed by atoms with van der Waals surface area (Å²) in [6.45, 7) is 7.46. The second-order valence-corrected chi connectivity index (χ2v) is 13.2. The number of aliphatic hydroxyl groups excluding tert-OH is 1.